The highest BCUT2D eigenvalue weighted by Gasteiger charge is 2.53. The molecule has 6 radical (unpaired) electrons. The molecule has 1 aromatic carbocycles. The highest BCUT2D eigenvalue weighted by molar-refractivity contribution is 6.40. The molecule has 0 saturated heterocycles. The summed E-state index contributed by atoms with van der Waals surface area (Å²) in [7, 11) is 15.6. The van der Waals surface area contributed by atoms with Gasteiger partial charge in [0, 0.05) is 28.9 Å². The Morgan fingerprint density at radius 3 is 2.44 bits per heavy atom. The third-order valence-corrected chi connectivity index (χ3v) is 5.56. The number of aliphatic hydroxyl groups excluding tert-OH is 1. The van der Waals surface area contributed by atoms with Crippen LogP contribution in [-0.4, -0.2) is 88.4 Å². The number of halogens is 2. The maximum absolute atomic E-state index is 13.5. The van der Waals surface area contributed by atoms with Crippen LogP contribution in [0.2, 0.25) is 5.02 Å². The number of nitrogens with zero attached hydrogens (tertiary/aromatic N) is 1. The Morgan fingerprint density at radius 1 is 1.17 bits per heavy atom. The molecule has 8 N–H and O–H groups in total. The number of aromatic amines is 1. The van der Waals surface area contributed by atoms with Crippen molar-refractivity contribution in [3.8, 4) is 11.1 Å². The average molecular weight is 510 g/mol. The first-order valence-corrected chi connectivity index (χ1v) is 10.6. The number of H-pyrrole nitrogens is 1. The van der Waals surface area contributed by atoms with Crippen LogP contribution in [0.3, 0.4) is 0 Å². The summed E-state index contributed by atoms with van der Waals surface area (Å²) in [6, 6.07) is 7.16. The van der Waals surface area contributed by atoms with Crippen molar-refractivity contribution in [2.24, 2.45) is 0 Å². The molecule has 0 saturated carbocycles. The van der Waals surface area contributed by atoms with E-state index in [4.69, 9.17) is 35.1 Å². The fraction of sp³-hybridized carbons (Fsp3) is 0.238. The molecule has 182 valence electrons. The molecular formula is C21H19B3ClFN4O6. The lowest BCUT2D eigenvalue weighted by Gasteiger charge is -2.47. The van der Waals surface area contributed by atoms with Crippen molar-refractivity contribution in [3.63, 3.8) is 0 Å². The number of hydrogen-bond donors (Lipinski definition) is 8. The average Bonchev–Trinajstić information content (AvgIpc) is 3.27. The number of benzene rings is 1. The Kier molecular flexibility index (Phi) is 7.89. The fourth-order valence-corrected chi connectivity index (χ4v) is 3.49. The number of pyridine rings is 1. The molecule has 0 bridgehead atoms. The molecule has 3 rings (SSSR count). The lowest BCUT2D eigenvalue weighted by Crippen LogP contribution is -2.73. The normalized spacial score (nSPS) is 14.6. The standard InChI is InChI=1S/C21H19B3ClFN4O6/c22-20(23,34)19(33,21(24,35)36)30-17-6-13(14(25)8-28-17)11-5-15(27-7-11)18(32)29-16(9-31)10-2-1-3-12(26)4-10/h1-8,16,27,31,33-36H,9H2,(H,28,30)(H,29,32)/t16-,19?/m1/s1. The Labute approximate surface area is 213 Å². The second-order valence-electron chi connectivity index (χ2n) is 8.00. The largest absolute Gasteiger partial charge is 0.404 e. The zero-order valence-corrected chi connectivity index (χ0v) is 19.2. The molecule has 0 aliphatic heterocycles. The van der Waals surface area contributed by atoms with Crippen molar-refractivity contribution < 1.29 is 34.7 Å². The highest BCUT2D eigenvalue weighted by Crippen LogP contribution is 2.33. The minimum Gasteiger partial charge on any atom is -0.404 e. The van der Waals surface area contributed by atoms with Gasteiger partial charge >= 0.3 is 0 Å². The summed E-state index contributed by atoms with van der Waals surface area (Å²) in [5.41, 5.74) is -5.79. The molecule has 2 aromatic heterocycles. The quantitative estimate of drug-likeness (QED) is 0.137. The minimum absolute atomic E-state index is 0.0590. The number of amides is 1. The van der Waals surface area contributed by atoms with Crippen LogP contribution in [0.1, 0.15) is 22.1 Å². The molecule has 2 atom stereocenters. The minimum atomic E-state index is -3.52. The molecule has 0 aliphatic rings. The van der Waals surface area contributed by atoms with E-state index < -0.39 is 41.2 Å². The maximum Gasteiger partial charge on any atom is 0.268 e. The molecular weight excluding hydrogens is 491 g/mol. The van der Waals surface area contributed by atoms with E-state index in [1.807, 2.05) is 0 Å². The van der Waals surface area contributed by atoms with Gasteiger partial charge in [-0.1, -0.05) is 23.7 Å². The van der Waals surface area contributed by atoms with Crippen molar-refractivity contribution >= 4 is 46.9 Å². The smallest absolute Gasteiger partial charge is 0.268 e. The first kappa shape index (κ1) is 27.7. The SMILES string of the molecule is [B]C([B])(O)C(O)(Nc1cc(-c2c[nH]c(C(=O)N[C@H](CO)c3cccc(F)c3)c2)c(Cl)cn1)C([B])(O)O. The van der Waals surface area contributed by atoms with Crippen molar-refractivity contribution in [3.05, 3.63) is 70.9 Å². The van der Waals surface area contributed by atoms with E-state index in [9.17, 15) is 34.7 Å². The van der Waals surface area contributed by atoms with Crippen LogP contribution < -0.4 is 10.6 Å². The van der Waals surface area contributed by atoms with E-state index in [2.05, 4.69) is 20.6 Å². The zero-order chi connectivity index (χ0) is 26.9. The van der Waals surface area contributed by atoms with Gasteiger partial charge in [0.25, 0.3) is 5.91 Å². The van der Waals surface area contributed by atoms with Gasteiger partial charge in [0.15, 0.2) is 19.3 Å². The van der Waals surface area contributed by atoms with Gasteiger partial charge in [0.1, 0.15) is 33.0 Å². The summed E-state index contributed by atoms with van der Waals surface area (Å²) in [6.45, 7) is -0.482. The van der Waals surface area contributed by atoms with Crippen LogP contribution >= 0.6 is 11.6 Å². The predicted molar refractivity (Wildman–Crippen MR) is 131 cm³/mol. The number of carbonyl (C=O) groups excluding carboxylic acids is 1. The molecule has 2 heterocycles. The molecule has 10 nitrogen and oxygen atoms in total. The monoisotopic (exact) mass is 510 g/mol. The Balaban J connectivity index is 1.86. The van der Waals surface area contributed by atoms with Crippen LogP contribution in [0.5, 0.6) is 0 Å². The van der Waals surface area contributed by atoms with Crippen LogP contribution in [0, 0.1) is 5.82 Å². The van der Waals surface area contributed by atoms with Gasteiger partial charge in [0.05, 0.1) is 17.7 Å². The number of carbonyl (C=O) groups is 1. The molecule has 0 fully saturated rings. The van der Waals surface area contributed by atoms with E-state index in [0.29, 0.717) is 11.1 Å². The first-order chi connectivity index (χ1) is 16.7. The lowest BCUT2D eigenvalue weighted by molar-refractivity contribution is -0.235. The fourth-order valence-electron chi connectivity index (χ4n) is 3.28. The summed E-state index contributed by atoms with van der Waals surface area (Å²) in [5, 5.41) is 50.9. The van der Waals surface area contributed by atoms with Gasteiger partial charge in [-0.3, -0.25) is 4.79 Å². The summed E-state index contributed by atoms with van der Waals surface area (Å²) < 4.78 is 13.5. The summed E-state index contributed by atoms with van der Waals surface area (Å²) in [4.78, 5) is 19.3. The van der Waals surface area contributed by atoms with Crippen LogP contribution in [0.25, 0.3) is 11.1 Å². The Morgan fingerprint density at radius 2 is 1.86 bits per heavy atom. The van der Waals surface area contributed by atoms with Crippen molar-refractivity contribution in [1.82, 2.24) is 15.3 Å². The number of hydrogen-bond acceptors (Lipinski definition) is 8. The van der Waals surface area contributed by atoms with Gasteiger partial charge < -0.3 is 41.2 Å². The van der Waals surface area contributed by atoms with E-state index in [1.165, 1.54) is 36.5 Å². The lowest BCUT2D eigenvalue weighted by atomic mass is 9.54. The Bertz CT molecular complexity index is 1240. The van der Waals surface area contributed by atoms with Gasteiger partial charge in [-0.2, -0.15) is 0 Å². The van der Waals surface area contributed by atoms with Crippen LogP contribution in [0.15, 0.2) is 48.8 Å². The number of anilines is 1. The van der Waals surface area contributed by atoms with Gasteiger partial charge in [0.2, 0.25) is 0 Å². The molecule has 36 heavy (non-hydrogen) atoms. The van der Waals surface area contributed by atoms with Gasteiger partial charge in [-0.15, -0.1) is 0 Å². The van der Waals surface area contributed by atoms with Crippen LogP contribution in [-0.2, 0) is 0 Å². The van der Waals surface area contributed by atoms with Gasteiger partial charge in [-0.05, 0) is 29.8 Å². The molecule has 15 heteroatoms. The first-order valence-electron chi connectivity index (χ1n) is 10.2. The van der Waals surface area contributed by atoms with E-state index in [0.717, 1.165) is 6.20 Å². The molecule has 3 aromatic rings. The number of rotatable bonds is 9. The highest BCUT2D eigenvalue weighted by atomic mass is 35.5. The van der Waals surface area contributed by atoms with E-state index in [1.54, 1.807) is 6.07 Å². The van der Waals surface area contributed by atoms with Crippen molar-refractivity contribution in [1.29, 1.82) is 0 Å². The van der Waals surface area contributed by atoms with E-state index >= 15 is 0 Å². The summed E-state index contributed by atoms with van der Waals surface area (Å²) >= 11 is 6.21. The number of nitrogens with one attached hydrogen (secondary N) is 3. The zero-order valence-electron chi connectivity index (χ0n) is 18.5. The predicted octanol–water partition coefficient (Wildman–Crippen LogP) is -0.777. The second-order valence-corrected chi connectivity index (χ2v) is 8.41. The topological polar surface area (TPSA) is 171 Å². The van der Waals surface area contributed by atoms with Crippen LogP contribution in [0.4, 0.5) is 10.2 Å². The van der Waals surface area contributed by atoms with E-state index in [-0.39, 0.29) is 22.1 Å². The summed E-state index contributed by atoms with van der Waals surface area (Å²) in [5.74, 6) is -1.43. The number of aromatic nitrogens is 2. The molecule has 1 unspecified atom stereocenters. The third-order valence-electron chi connectivity index (χ3n) is 5.25. The van der Waals surface area contributed by atoms with Crippen molar-refractivity contribution in [2.45, 2.75) is 22.9 Å². The molecule has 0 aliphatic carbocycles. The maximum atomic E-state index is 13.5. The Hall–Kier alpha value is -2.87. The second kappa shape index (κ2) is 10.2. The molecule has 1 amide bonds. The van der Waals surface area contributed by atoms with Gasteiger partial charge in [-0.25, -0.2) is 9.37 Å². The summed E-state index contributed by atoms with van der Waals surface area (Å²) in [6.07, 6.45) is 2.53. The number of aliphatic hydroxyl groups is 5. The van der Waals surface area contributed by atoms with Crippen molar-refractivity contribution in [2.75, 3.05) is 11.9 Å². The molecule has 0 spiro atoms. The third kappa shape index (κ3) is 5.75.